The molecule has 2 atom stereocenters. The summed E-state index contributed by atoms with van der Waals surface area (Å²) in [6.07, 6.45) is 7.64. The second-order valence-corrected chi connectivity index (χ2v) is 4.31. The molecule has 0 spiro atoms. The van der Waals surface area contributed by atoms with Gasteiger partial charge in [-0.25, -0.2) is 0 Å². The SMILES string of the molecule is CCCCCCC(O)CNC(N)CCC. The highest BCUT2D eigenvalue weighted by Crippen LogP contribution is 2.05. The summed E-state index contributed by atoms with van der Waals surface area (Å²) in [6.45, 7) is 4.94. The van der Waals surface area contributed by atoms with Crippen LogP contribution in [0.15, 0.2) is 0 Å². The molecule has 0 amide bonds. The Hall–Kier alpha value is -0.120. The minimum absolute atomic E-state index is 0.0419. The standard InChI is InChI=1S/C12H28N2O/c1-3-5-6-7-9-11(15)10-14-12(13)8-4-2/h11-12,14-15H,3-10,13H2,1-2H3. The summed E-state index contributed by atoms with van der Waals surface area (Å²) in [5.41, 5.74) is 5.79. The highest BCUT2D eigenvalue weighted by atomic mass is 16.3. The molecule has 2 unspecified atom stereocenters. The topological polar surface area (TPSA) is 58.3 Å². The molecule has 0 bridgehead atoms. The molecule has 0 heterocycles. The lowest BCUT2D eigenvalue weighted by Gasteiger charge is -2.16. The first-order chi connectivity index (χ1) is 7.20. The number of aliphatic hydroxyl groups is 1. The number of nitrogens with two attached hydrogens (primary N) is 1. The molecule has 0 aromatic rings. The van der Waals surface area contributed by atoms with Crippen LogP contribution < -0.4 is 11.1 Å². The lowest BCUT2D eigenvalue weighted by atomic mass is 10.1. The van der Waals surface area contributed by atoms with E-state index in [1.165, 1.54) is 19.3 Å². The first-order valence-electron chi connectivity index (χ1n) is 6.37. The number of nitrogens with one attached hydrogen (secondary N) is 1. The summed E-state index contributed by atoms with van der Waals surface area (Å²) in [5, 5.41) is 12.8. The highest BCUT2D eigenvalue weighted by molar-refractivity contribution is 4.64. The maximum atomic E-state index is 9.65. The first-order valence-corrected chi connectivity index (χ1v) is 6.37. The Bertz CT molecular complexity index is 131. The van der Waals surface area contributed by atoms with E-state index in [4.69, 9.17) is 5.73 Å². The van der Waals surface area contributed by atoms with E-state index < -0.39 is 0 Å². The van der Waals surface area contributed by atoms with Crippen LogP contribution in [0.25, 0.3) is 0 Å². The Morgan fingerprint density at radius 1 is 1.07 bits per heavy atom. The molecule has 0 aliphatic heterocycles. The van der Waals surface area contributed by atoms with E-state index in [9.17, 15) is 5.11 Å². The maximum Gasteiger partial charge on any atom is 0.0665 e. The molecule has 0 saturated carbocycles. The van der Waals surface area contributed by atoms with Gasteiger partial charge in [0.05, 0.1) is 12.3 Å². The molecule has 0 aliphatic rings. The van der Waals surface area contributed by atoms with Crippen LogP contribution in [0.3, 0.4) is 0 Å². The molecule has 0 rings (SSSR count). The van der Waals surface area contributed by atoms with Crippen LogP contribution in [0.4, 0.5) is 0 Å². The molecule has 0 saturated heterocycles. The zero-order valence-corrected chi connectivity index (χ0v) is 10.3. The van der Waals surface area contributed by atoms with Gasteiger partial charge in [0.2, 0.25) is 0 Å². The van der Waals surface area contributed by atoms with Crippen molar-refractivity contribution < 1.29 is 5.11 Å². The predicted molar refractivity (Wildman–Crippen MR) is 65.7 cm³/mol. The van der Waals surface area contributed by atoms with Gasteiger partial charge in [-0.2, -0.15) is 0 Å². The summed E-state index contributed by atoms with van der Waals surface area (Å²) in [7, 11) is 0. The monoisotopic (exact) mass is 216 g/mol. The van der Waals surface area contributed by atoms with Crippen LogP contribution in [0.2, 0.25) is 0 Å². The van der Waals surface area contributed by atoms with Crippen molar-refractivity contribution in [1.82, 2.24) is 5.32 Å². The van der Waals surface area contributed by atoms with E-state index in [0.717, 1.165) is 25.7 Å². The molecule has 3 heteroatoms. The molecule has 0 aromatic carbocycles. The van der Waals surface area contributed by atoms with Gasteiger partial charge in [-0.3, -0.25) is 5.32 Å². The smallest absolute Gasteiger partial charge is 0.0665 e. The molecule has 0 radical (unpaired) electrons. The Morgan fingerprint density at radius 3 is 2.40 bits per heavy atom. The van der Waals surface area contributed by atoms with Gasteiger partial charge in [-0.1, -0.05) is 46.0 Å². The molecule has 15 heavy (non-hydrogen) atoms. The Morgan fingerprint density at radius 2 is 1.80 bits per heavy atom. The number of unbranched alkanes of at least 4 members (excludes halogenated alkanes) is 3. The van der Waals surface area contributed by atoms with Crippen LogP contribution in [-0.2, 0) is 0 Å². The Labute approximate surface area is 94.4 Å². The lowest BCUT2D eigenvalue weighted by molar-refractivity contribution is 0.153. The predicted octanol–water partition coefficient (Wildman–Crippen LogP) is 1.99. The minimum atomic E-state index is -0.232. The fraction of sp³-hybridized carbons (Fsp3) is 1.00. The fourth-order valence-corrected chi connectivity index (χ4v) is 1.61. The van der Waals surface area contributed by atoms with Gasteiger partial charge in [0.1, 0.15) is 0 Å². The minimum Gasteiger partial charge on any atom is -0.392 e. The third-order valence-electron chi connectivity index (χ3n) is 2.61. The largest absolute Gasteiger partial charge is 0.392 e. The quantitative estimate of drug-likeness (QED) is 0.387. The Kier molecular flexibility index (Phi) is 10.3. The first kappa shape index (κ1) is 14.9. The van der Waals surface area contributed by atoms with Crippen LogP contribution in [-0.4, -0.2) is 23.9 Å². The van der Waals surface area contributed by atoms with Crippen molar-refractivity contribution in [2.75, 3.05) is 6.54 Å². The van der Waals surface area contributed by atoms with Crippen molar-refractivity contribution in [3.05, 3.63) is 0 Å². The normalized spacial score (nSPS) is 15.2. The molecule has 4 N–H and O–H groups in total. The summed E-state index contributed by atoms with van der Waals surface area (Å²) >= 11 is 0. The number of aliphatic hydroxyl groups excluding tert-OH is 1. The second kappa shape index (κ2) is 10.4. The van der Waals surface area contributed by atoms with Crippen molar-refractivity contribution in [1.29, 1.82) is 0 Å². The van der Waals surface area contributed by atoms with E-state index >= 15 is 0 Å². The zero-order chi connectivity index (χ0) is 11.5. The average molecular weight is 216 g/mol. The third kappa shape index (κ3) is 10.2. The summed E-state index contributed by atoms with van der Waals surface area (Å²) < 4.78 is 0. The molecular weight excluding hydrogens is 188 g/mol. The van der Waals surface area contributed by atoms with Gasteiger partial charge in [0.15, 0.2) is 0 Å². The van der Waals surface area contributed by atoms with Crippen molar-refractivity contribution in [3.8, 4) is 0 Å². The zero-order valence-electron chi connectivity index (χ0n) is 10.3. The Balaban J connectivity index is 3.28. The van der Waals surface area contributed by atoms with Gasteiger partial charge in [0.25, 0.3) is 0 Å². The van der Waals surface area contributed by atoms with E-state index in [2.05, 4.69) is 19.2 Å². The van der Waals surface area contributed by atoms with Gasteiger partial charge in [0, 0.05) is 6.54 Å². The van der Waals surface area contributed by atoms with Crippen molar-refractivity contribution in [2.45, 2.75) is 71.1 Å². The molecule has 92 valence electrons. The number of hydrogen-bond acceptors (Lipinski definition) is 3. The summed E-state index contributed by atoms with van der Waals surface area (Å²) in [5.74, 6) is 0. The van der Waals surface area contributed by atoms with Gasteiger partial charge < -0.3 is 10.8 Å². The molecule has 0 fully saturated rings. The number of rotatable bonds is 10. The highest BCUT2D eigenvalue weighted by Gasteiger charge is 2.06. The van der Waals surface area contributed by atoms with Crippen LogP contribution >= 0.6 is 0 Å². The van der Waals surface area contributed by atoms with E-state index in [1.54, 1.807) is 0 Å². The van der Waals surface area contributed by atoms with Gasteiger partial charge in [-0.15, -0.1) is 0 Å². The van der Waals surface area contributed by atoms with Crippen LogP contribution in [0.5, 0.6) is 0 Å². The van der Waals surface area contributed by atoms with Crippen molar-refractivity contribution in [3.63, 3.8) is 0 Å². The van der Waals surface area contributed by atoms with E-state index in [0.29, 0.717) is 6.54 Å². The second-order valence-electron chi connectivity index (χ2n) is 4.31. The fourth-order valence-electron chi connectivity index (χ4n) is 1.61. The van der Waals surface area contributed by atoms with E-state index in [1.807, 2.05) is 0 Å². The van der Waals surface area contributed by atoms with Gasteiger partial charge in [-0.05, 0) is 12.8 Å². The van der Waals surface area contributed by atoms with E-state index in [-0.39, 0.29) is 12.3 Å². The summed E-state index contributed by atoms with van der Waals surface area (Å²) in [4.78, 5) is 0. The summed E-state index contributed by atoms with van der Waals surface area (Å²) in [6, 6.07) is 0. The molecular formula is C12H28N2O. The van der Waals surface area contributed by atoms with Crippen molar-refractivity contribution in [2.24, 2.45) is 5.73 Å². The molecule has 3 nitrogen and oxygen atoms in total. The molecule has 0 aromatic heterocycles. The van der Waals surface area contributed by atoms with Crippen LogP contribution in [0, 0.1) is 0 Å². The lowest BCUT2D eigenvalue weighted by Crippen LogP contribution is -2.41. The van der Waals surface area contributed by atoms with Crippen molar-refractivity contribution >= 4 is 0 Å². The van der Waals surface area contributed by atoms with Crippen LogP contribution in [0.1, 0.15) is 58.8 Å². The molecule has 0 aliphatic carbocycles. The average Bonchev–Trinajstić information content (AvgIpc) is 2.22. The van der Waals surface area contributed by atoms with Gasteiger partial charge >= 0.3 is 0 Å². The number of hydrogen-bond donors (Lipinski definition) is 3. The maximum absolute atomic E-state index is 9.65. The third-order valence-corrected chi connectivity index (χ3v) is 2.61.